The average Bonchev–Trinajstić information content (AvgIpc) is 2.29. The number of nitrogen functional groups attached to an aromatic ring is 1. The molecular formula is C11H13FN2O3. The summed E-state index contributed by atoms with van der Waals surface area (Å²) >= 11 is 0. The lowest BCUT2D eigenvalue weighted by molar-refractivity contribution is -0.141. The van der Waals surface area contributed by atoms with E-state index in [4.69, 9.17) is 10.8 Å². The standard InChI is InChI=1S/C11H13FN2O3/c1-6(11(16)17)14(2)10(15)8-5-7(12)3-4-9(8)13/h3-6H,13H2,1-2H3,(H,16,17). The zero-order chi connectivity index (χ0) is 13.2. The zero-order valence-electron chi connectivity index (χ0n) is 9.48. The van der Waals surface area contributed by atoms with Gasteiger partial charge in [-0.05, 0) is 25.1 Å². The zero-order valence-corrected chi connectivity index (χ0v) is 9.48. The SMILES string of the molecule is CC(C(=O)O)N(C)C(=O)c1cc(F)ccc1N. The fourth-order valence-corrected chi connectivity index (χ4v) is 1.25. The number of aliphatic carboxylic acids is 1. The molecule has 0 spiro atoms. The summed E-state index contributed by atoms with van der Waals surface area (Å²) in [5, 5.41) is 8.77. The Balaban J connectivity index is 3.04. The van der Waals surface area contributed by atoms with Crippen LogP contribution in [0.15, 0.2) is 18.2 Å². The Morgan fingerprint density at radius 2 is 2.06 bits per heavy atom. The molecule has 1 aromatic carbocycles. The number of carbonyl (C=O) groups excluding carboxylic acids is 1. The molecule has 0 bridgehead atoms. The molecule has 0 saturated carbocycles. The van der Waals surface area contributed by atoms with Crippen LogP contribution >= 0.6 is 0 Å². The highest BCUT2D eigenvalue weighted by Gasteiger charge is 2.24. The lowest BCUT2D eigenvalue weighted by atomic mass is 10.1. The quantitative estimate of drug-likeness (QED) is 0.770. The number of hydrogen-bond acceptors (Lipinski definition) is 3. The summed E-state index contributed by atoms with van der Waals surface area (Å²) in [4.78, 5) is 23.6. The number of nitrogens with two attached hydrogens (primary N) is 1. The van der Waals surface area contributed by atoms with Crippen LogP contribution in [0.25, 0.3) is 0 Å². The lowest BCUT2D eigenvalue weighted by Crippen LogP contribution is -2.40. The third-order valence-electron chi connectivity index (χ3n) is 2.50. The predicted molar refractivity (Wildman–Crippen MR) is 60.0 cm³/mol. The number of likely N-dealkylation sites (N-methyl/N-ethyl adjacent to an activating group) is 1. The minimum Gasteiger partial charge on any atom is -0.480 e. The van der Waals surface area contributed by atoms with E-state index in [0.29, 0.717) is 0 Å². The second-order valence-corrected chi connectivity index (χ2v) is 3.66. The van der Waals surface area contributed by atoms with Crippen LogP contribution in [0.5, 0.6) is 0 Å². The second kappa shape index (κ2) is 4.82. The molecule has 92 valence electrons. The van der Waals surface area contributed by atoms with Gasteiger partial charge in [-0.2, -0.15) is 0 Å². The Labute approximate surface area is 97.6 Å². The van der Waals surface area contributed by atoms with Crippen LogP contribution < -0.4 is 5.73 Å². The van der Waals surface area contributed by atoms with Gasteiger partial charge in [0.05, 0.1) is 5.56 Å². The smallest absolute Gasteiger partial charge is 0.326 e. The first kappa shape index (κ1) is 13.0. The maximum absolute atomic E-state index is 13.0. The van der Waals surface area contributed by atoms with Gasteiger partial charge in [-0.15, -0.1) is 0 Å². The van der Waals surface area contributed by atoms with Crippen molar-refractivity contribution in [1.82, 2.24) is 4.90 Å². The van der Waals surface area contributed by atoms with Crippen molar-refractivity contribution in [3.05, 3.63) is 29.6 Å². The first-order chi connectivity index (χ1) is 7.84. The van der Waals surface area contributed by atoms with Crippen LogP contribution in [-0.2, 0) is 4.79 Å². The first-order valence-electron chi connectivity index (χ1n) is 4.89. The topological polar surface area (TPSA) is 83.6 Å². The van der Waals surface area contributed by atoms with Crippen molar-refractivity contribution in [2.45, 2.75) is 13.0 Å². The van der Waals surface area contributed by atoms with Gasteiger partial charge in [0.15, 0.2) is 0 Å². The van der Waals surface area contributed by atoms with E-state index in [1.807, 2.05) is 0 Å². The van der Waals surface area contributed by atoms with Crippen molar-refractivity contribution < 1.29 is 19.1 Å². The van der Waals surface area contributed by atoms with E-state index in [0.717, 1.165) is 17.0 Å². The van der Waals surface area contributed by atoms with Crippen LogP contribution in [0.2, 0.25) is 0 Å². The highest BCUT2D eigenvalue weighted by atomic mass is 19.1. The van der Waals surface area contributed by atoms with Crippen molar-refractivity contribution in [3.63, 3.8) is 0 Å². The van der Waals surface area contributed by atoms with E-state index in [1.54, 1.807) is 0 Å². The van der Waals surface area contributed by atoms with E-state index in [-0.39, 0.29) is 11.3 Å². The first-order valence-corrected chi connectivity index (χ1v) is 4.89. The number of carboxylic acids is 1. The molecule has 1 atom stereocenters. The minimum atomic E-state index is -1.14. The molecule has 1 aromatic rings. The van der Waals surface area contributed by atoms with Crippen molar-refractivity contribution in [2.75, 3.05) is 12.8 Å². The maximum atomic E-state index is 13.0. The van der Waals surface area contributed by atoms with Gasteiger partial charge in [-0.1, -0.05) is 0 Å². The summed E-state index contributed by atoms with van der Waals surface area (Å²) in [5.74, 6) is -2.37. The summed E-state index contributed by atoms with van der Waals surface area (Å²) in [6.07, 6.45) is 0. The number of amides is 1. The van der Waals surface area contributed by atoms with Crippen molar-refractivity contribution >= 4 is 17.6 Å². The predicted octanol–water partition coefficient (Wildman–Crippen LogP) is 0.953. The van der Waals surface area contributed by atoms with Gasteiger partial charge in [0.1, 0.15) is 11.9 Å². The van der Waals surface area contributed by atoms with Crippen molar-refractivity contribution in [2.24, 2.45) is 0 Å². The second-order valence-electron chi connectivity index (χ2n) is 3.66. The molecule has 0 aliphatic heterocycles. The van der Waals surface area contributed by atoms with E-state index in [1.165, 1.54) is 20.0 Å². The summed E-state index contributed by atoms with van der Waals surface area (Å²) in [6, 6.07) is 2.38. The Hall–Kier alpha value is -2.11. The lowest BCUT2D eigenvalue weighted by Gasteiger charge is -2.22. The molecular weight excluding hydrogens is 227 g/mol. The number of halogens is 1. The molecule has 0 fully saturated rings. The molecule has 0 heterocycles. The third kappa shape index (κ3) is 2.72. The molecule has 1 amide bonds. The molecule has 5 nitrogen and oxygen atoms in total. The summed E-state index contributed by atoms with van der Waals surface area (Å²) in [7, 11) is 1.32. The van der Waals surface area contributed by atoms with Crippen LogP contribution in [0.1, 0.15) is 17.3 Å². The molecule has 1 unspecified atom stereocenters. The van der Waals surface area contributed by atoms with Crippen molar-refractivity contribution in [1.29, 1.82) is 0 Å². The number of carboxylic acid groups (broad SMARTS) is 1. The number of hydrogen-bond donors (Lipinski definition) is 2. The Bertz CT molecular complexity index is 462. The molecule has 17 heavy (non-hydrogen) atoms. The van der Waals surface area contributed by atoms with Gasteiger partial charge in [0.25, 0.3) is 5.91 Å². The van der Waals surface area contributed by atoms with Gasteiger partial charge in [-0.3, -0.25) is 4.79 Å². The molecule has 0 aliphatic carbocycles. The normalized spacial score (nSPS) is 11.9. The monoisotopic (exact) mass is 240 g/mol. The highest BCUT2D eigenvalue weighted by molar-refractivity contribution is 6.00. The molecule has 0 aromatic heterocycles. The summed E-state index contributed by atoms with van der Waals surface area (Å²) in [5.41, 5.74) is 5.61. The Morgan fingerprint density at radius 1 is 1.47 bits per heavy atom. The largest absolute Gasteiger partial charge is 0.480 e. The molecule has 1 rings (SSSR count). The number of anilines is 1. The molecule has 0 aliphatic rings. The van der Waals surface area contributed by atoms with Crippen LogP contribution in [0.3, 0.4) is 0 Å². The molecule has 0 radical (unpaired) electrons. The number of benzene rings is 1. The van der Waals surface area contributed by atoms with E-state index >= 15 is 0 Å². The van der Waals surface area contributed by atoms with Gasteiger partial charge in [0, 0.05) is 12.7 Å². The van der Waals surface area contributed by atoms with Gasteiger partial charge in [-0.25, -0.2) is 9.18 Å². The third-order valence-corrected chi connectivity index (χ3v) is 2.50. The maximum Gasteiger partial charge on any atom is 0.326 e. The summed E-state index contributed by atoms with van der Waals surface area (Å²) in [6.45, 7) is 1.36. The molecule has 0 saturated heterocycles. The van der Waals surface area contributed by atoms with Crippen molar-refractivity contribution in [3.8, 4) is 0 Å². The number of rotatable bonds is 3. The fourth-order valence-electron chi connectivity index (χ4n) is 1.25. The Morgan fingerprint density at radius 3 is 2.59 bits per heavy atom. The van der Waals surface area contributed by atoms with E-state index in [2.05, 4.69) is 0 Å². The summed E-state index contributed by atoms with van der Waals surface area (Å²) < 4.78 is 13.0. The molecule has 6 heteroatoms. The number of carbonyl (C=O) groups is 2. The number of nitrogens with zero attached hydrogens (tertiary/aromatic N) is 1. The van der Waals surface area contributed by atoms with Crippen LogP contribution in [0.4, 0.5) is 10.1 Å². The van der Waals surface area contributed by atoms with Gasteiger partial charge in [0.2, 0.25) is 0 Å². The van der Waals surface area contributed by atoms with E-state index in [9.17, 15) is 14.0 Å². The highest BCUT2D eigenvalue weighted by Crippen LogP contribution is 2.16. The fraction of sp³-hybridized carbons (Fsp3) is 0.273. The minimum absolute atomic E-state index is 0.0411. The van der Waals surface area contributed by atoms with Gasteiger partial charge < -0.3 is 15.7 Å². The average molecular weight is 240 g/mol. The van der Waals surface area contributed by atoms with E-state index < -0.39 is 23.7 Å². The molecule has 3 N–H and O–H groups in total. The van der Waals surface area contributed by atoms with Gasteiger partial charge >= 0.3 is 5.97 Å². The van der Waals surface area contributed by atoms with Crippen LogP contribution in [0, 0.1) is 5.82 Å². The van der Waals surface area contributed by atoms with Crippen LogP contribution in [-0.4, -0.2) is 35.0 Å². The Kier molecular flexibility index (Phi) is 3.67.